The van der Waals surface area contributed by atoms with Crippen molar-refractivity contribution in [3.8, 4) is 0 Å². The van der Waals surface area contributed by atoms with Crippen LogP contribution in [0.2, 0.25) is 0 Å². The SMILES string of the molecule is CC/C=C(\CC)c1cc(CNC=O)ncn1.CC1CCCN1Sc1ccc(F)cc1.CF. The smallest absolute Gasteiger partial charge is 0.207 e. The van der Waals surface area contributed by atoms with Crippen LogP contribution in [0.5, 0.6) is 0 Å². The Hall–Kier alpha value is -2.32. The Morgan fingerprint density at radius 1 is 1.25 bits per heavy atom. The van der Waals surface area contributed by atoms with Gasteiger partial charge in [0.05, 0.1) is 25.1 Å². The minimum atomic E-state index is -0.163. The zero-order chi connectivity index (χ0) is 23.8. The first kappa shape index (κ1) is 27.7. The molecule has 2 heterocycles. The van der Waals surface area contributed by atoms with Gasteiger partial charge in [-0.3, -0.25) is 9.18 Å². The predicted octanol–water partition coefficient (Wildman–Crippen LogP) is 5.83. The third-order valence-electron chi connectivity index (χ3n) is 4.78. The predicted molar refractivity (Wildman–Crippen MR) is 128 cm³/mol. The van der Waals surface area contributed by atoms with E-state index in [2.05, 4.69) is 46.4 Å². The van der Waals surface area contributed by atoms with Gasteiger partial charge in [-0.2, -0.15) is 0 Å². The van der Waals surface area contributed by atoms with Crippen molar-refractivity contribution in [1.82, 2.24) is 19.6 Å². The molecule has 1 aromatic carbocycles. The molecule has 0 spiro atoms. The lowest BCUT2D eigenvalue weighted by atomic mass is 10.1. The molecule has 1 unspecified atom stereocenters. The average Bonchev–Trinajstić information content (AvgIpc) is 3.23. The van der Waals surface area contributed by atoms with Gasteiger partial charge in [0, 0.05) is 17.5 Å². The fourth-order valence-electron chi connectivity index (χ4n) is 3.17. The molecule has 1 saturated heterocycles. The molecule has 0 aliphatic carbocycles. The van der Waals surface area contributed by atoms with Gasteiger partial charge in [0.25, 0.3) is 0 Å². The maximum absolute atomic E-state index is 12.7. The second-order valence-electron chi connectivity index (χ2n) is 7.06. The van der Waals surface area contributed by atoms with Crippen LogP contribution >= 0.6 is 11.9 Å². The van der Waals surface area contributed by atoms with Gasteiger partial charge in [-0.25, -0.2) is 18.7 Å². The molecule has 1 N–H and O–H groups in total. The molecule has 1 fully saturated rings. The highest BCUT2D eigenvalue weighted by Crippen LogP contribution is 2.30. The minimum absolute atomic E-state index is 0.163. The standard InChI is InChI=1S/C12H17N3O.C11H14FNS.CH3F/c1-3-5-10(4-2)12-6-11(7-13-9-16)14-8-15-12;1-9-3-2-8-13(9)14-11-6-4-10(12)5-7-11;1-2/h5-6,8-9H,3-4,7H2,1-2H3,(H,13,16);4-7,9H,2-3,8H2,1H3;1H3/b10-5+;;. The number of hydrogen-bond donors (Lipinski definition) is 1. The summed E-state index contributed by atoms with van der Waals surface area (Å²) in [4.78, 5) is 19.7. The van der Waals surface area contributed by atoms with E-state index in [-0.39, 0.29) is 5.82 Å². The Morgan fingerprint density at radius 2 is 1.97 bits per heavy atom. The monoisotopic (exact) mass is 464 g/mol. The molecule has 1 aliphatic rings. The second-order valence-corrected chi connectivity index (χ2v) is 8.18. The number of alkyl halides is 1. The third kappa shape index (κ3) is 9.87. The van der Waals surface area contributed by atoms with Gasteiger partial charge in [-0.1, -0.05) is 19.9 Å². The number of carbonyl (C=O) groups is 1. The molecule has 0 saturated carbocycles. The van der Waals surface area contributed by atoms with Crippen LogP contribution in [0.3, 0.4) is 0 Å². The van der Waals surface area contributed by atoms with Crippen LogP contribution in [-0.2, 0) is 11.3 Å². The maximum atomic E-state index is 12.7. The van der Waals surface area contributed by atoms with E-state index in [1.54, 1.807) is 11.9 Å². The molecule has 3 rings (SSSR count). The average molecular weight is 465 g/mol. The molecule has 1 atom stereocenters. The molecule has 1 amide bonds. The number of benzene rings is 1. The Morgan fingerprint density at radius 3 is 2.53 bits per heavy atom. The highest BCUT2D eigenvalue weighted by molar-refractivity contribution is 7.97. The minimum Gasteiger partial charge on any atom is -0.353 e. The van der Waals surface area contributed by atoms with Crippen LogP contribution in [0, 0.1) is 5.82 Å². The number of aromatic nitrogens is 2. The van der Waals surface area contributed by atoms with Gasteiger partial charge in [-0.15, -0.1) is 0 Å². The Kier molecular flexibility index (Phi) is 14.1. The van der Waals surface area contributed by atoms with E-state index >= 15 is 0 Å². The lowest BCUT2D eigenvalue weighted by Crippen LogP contribution is -2.18. The summed E-state index contributed by atoms with van der Waals surface area (Å²) in [6, 6.07) is 9.27. The van der Waals surface area contributed by atoms with Crippen molar-refractivity contribution in [2.24, 2.45) is 0 Å². The van der Waals surface area contributed by atoms with E-state index in [0.717, 1.165) is 35.7 Å². The number of rotatable bonds is 8. The van der Waals surface area contributed by atoms with E-state index in [9.17, 15) is 13.6 Å². The summed E-state index contributed by atoms with van der Waals surface area (Å²) in [5.41, 5.74) is 2.99. The summed E-state index contributed by atoms with van der Waals surface area (Å²) in [7, 11) is 0.500. The van der Waals surface area contributed by atoms with E-state index < -0.39 is 0 Å². The zero-order valence-corrected chi connectivity index (χ0v) is 20.2. The van der Waals surface area contributed by atoms with E-state index in [1.807, 2.05) is 18.2 Å². The topological polar surface area (TPSA) is 58.1 Å². The van der Waals surface area contributed by atoms with Crippen molar-refractivity contribution in [3.63, 3.8) is 0 Å². The number of hydrogen-bond acceptors (Lipinski definition) is 5. The summed E-state index contributed by atoms with van der Waals surface area (Å²) in [5.74, 6) is -0.163. The lowest BCUT2D eigenvalue weighted by Gasteiger charge is -2.19. The van der Waals surface area contributed by atoms with Crippen LogP contribution in [-0.4, -0.2) is 40.4 Å². The first-order valence-corrected chi connectivity index (χ1v) is 11.6. The second kappa shape index (κ2) is 16.3. The van der Waals surface area contributed by atoms with E-state index in [4.69, 9.17) is 0 Å². The Balaban J connectivity index is 0.000000299. The molecule has 32 heavy (non-hydrogen) atoms. The maximum Gasteiger partial charge on any atom is 0.207 e. The Labute approximate surface area is 194 Å². The van der Waals surface area contributed by atoms with Crippen LogP contribution in [0.1, 0.15) is 57.8 Å². The molecule has 8 heteroatoms. The van der Waals surface area contributed by atoms with Gasteiger partial charge in [-0.05, 0) is 80.5 Å². The molecular weight excluding hydrogens is 430 g/mol. The third-order valence-corrected chi connectivity index (χ3v) is 6.04. The fraction of sp³-hybridized carbons (Fsp3) is 0.458. The summed E-state index contributed by atoms with van der Waals surface area (Å²) in [5, 5.41) is 2.59. The zero-order valence-electron chi connectivity index (χ0n) is 19.4. The van der Waals surface area contributed by atoms with Gasteiger partial charge >= 0.3 is 0 Å². The number of nitrogens with one attached hydrogen (secondary N) is 1. The quantitative estimate of drug-likeness (QED) is 0.394. The van der Waals surface area contributed by atoms with Gasteiger partial charge in [0.1, 0.15) is 12.1 Å². The number of halogens is 2. The molecule has 1 aliphatic heterocycles. The summed E-state index contributed by atoms with van der Waals surface area (Å²) >= 11 is 1.73. The lowest BCUT2D eigenvalue weighted by molar-refractivity contribution is -0.109. The van der Waals surface area contributed by atoms with Crippen molar-refractivity contribution in [2.45, 2.75) is 63.9 Å². The fourth-order valence-corrected chi connectivity index (χ4v) is 4.20. The largest absolute Gasteiger partial charge is 0.353 e. The van der Waals surface area contributed by atoms with Crippen LogP contribution in [0.4, 0.5) is 8.78 Å². The number of amides is 1. The molecule has 176 valence electrons. The van der Waals surface area contributed by atoms with Crippen molar-refractivity contribution in [2.75, 3.05) is 13.7 Å². The molecule has 0 radical (unpaired) electrons. The van der Waals surface area contributed by atoms with Crippen molar-refractivity contribution in [1.29, 1.82) is 0 Å². The number of carbonyl (C=O) groups excluding carboxylic acids is 1. The van der Waals surface area contributed by atoms with Crippen LogP contribution < -0.4 is 5.32 Å². The van der Waals surface area contributed by atoms with E-state index in [1.165, 1.54) is 36.9 Å². The van der Waals surface area contributed by atoms with Gasteiger partial charge < -0.3 is 5.32 Å². The molecular formula is C24H34F2N4OS. The summed E-state index contributed by atoms with van der Waals surface area (Å²) in [6.07, 6.45) is 8.87. The van der Waals surface area contributed by atoms with Crippen molar-refractivity contribution in [3.05, 3.63) is 59.9 Å². The van der Waals surface area contributed by atoms with E-state index in [0.29, 0.717) is 26.2 Å². The number of nitrogens with zero attached hydrogens (tertiary/aromatic N) is 3. The van der Waals surface area contributed by atoms with Crippen molar-refractivity contribution < 1.29 is 13.6 Å². The Bertz CT molecular complexity index is 818. The highest BCUT2D eigenvalue weighted by atomic mass is 32.2. The normalized spacial score (nSPS) is 15.8. The molecule has 2 aromatic rings. The number of allylic oxidation sites excluding steroid dienone is 2. The first-order valence-electron chi connectivity index (χ1n) is 10.8. The highest BCUT2D eigenvalue weighted by Gasteiger charge is 2.20. The van der Waals surface area contributed by atoms with Gasteiger partial charge in [0.2, 0.25) is 6.41 Å². The van der Waals surface area contributed by atoms with Crippen LogP contribution in [0.15, 0.2) is 47.6 Å². The first-order chi connectivity index (χ1) is 15.6. The van der Waals surface area contributed by atoms with Crippen molar-refractivity contribution >= 4 is 23.9 Å². The molecule has 1 aromatic heterocycles. The molecule has 5 nitrogen and oxygen atoms in total. The molecule has 0 bridgehead atoms. The van der Waals surface area contributed by atoms with Crippen LogP contribution in [0.25, 0.3) is 5.57 Å². The summed E-state index contributed by atoms with van der Waals surface area (Å²) < 4.78 is 24.5. The van der Waals surface area contributed by atoms with Gasteiger partial charge in [0.15, 0.2) is 0 Å². The summed E-state index contributed by atoms with van der Waals surface area (Å²) in [6.45, 7) is 8.04.